The summed E-state index contributed by atoms with van der Waals surface area (Å²) in [6.07, 6.45) is 6.30. The molecule has 1 heterocycles. The van der Waals surface area contributed by atoms with Crippen molar-refractivity contribution in [2.75, 3.05) is 13.7 Å². The lowest BCUT2D eigenvalue weighted by molar-refractivity contribution is -0.123. The fraction of sp³-hybridized carbons (Fsp3) is 0.400. The Kier molecular flexibility index (Phi) is 4.22. The summed E-state index contributed by atoms with van der Waals surface area (Å²) < 4.78 is 5.71. The third-order valence-electron chi connectivity index (χ3n) is 2.02. The fourth-order valence-electron chi connectivity index (χ4n) is 1.05. The van der Waals surface area contributed by atoms with Crippen LogP contribution in [-0.2, 0) is 9.53 Å². The molecule has 7 nitrogen and oxygen atoms in total. The van der Waals surface area contributed by atoms with E-state index in [9.17, 15) is 9.59 Å². The van der Waals surface area contributed by atoms with Gasteiger partial charge in [-0.15, -0.1) is 11.5 Å². The molecule has 1 rings (SSSR count). The molecule has 0 radical (unpaired) electrons. The van der Waals surface area contributed by atoms with Crippen LogP contribution >= 0.6 is 0 Å². The summed E-state index contributed by atoms with van der Waals surface area (Å²) in [5.74, 6) is 1.24. The van der Waals surface area contributed by atoms with E-state index in [-0.39, 0.29) is 18.3 Å². The molecular formula is C10H12N4O3. The van der Waals surface area contributed by atoms with E-state index in [1.807, 2.05) is 0 Å². The SMILES string of the molecule is C#CCNC(=O)C(C)n1cnc(C(=O)OC)n1. The number of aromatic nitrogens is 3. The van der Waals surface area contributed by atoms with Crippen LogP contribution in [0.4, 0.5) is 0 Å². The minimum Gasteiger partial charge on any atom is -0.463 e. The van der Waals surface area contributed by atoms with Gasteiger partial charge in [0.05, 0.1) is 13.7 Å². The maximum Gasteiger partial charge on any atom is 0.377 e. The number of nitrogens with zero attached hydrogens (tertiary/aromatic N) is 3. The molecule has 1 N–H and O–H groups in total. The Hall–Kier alpha value is -2.36. The summed E-state index contributed by atoms with van der Waals surface area (Å²) in [5.41, 5.74) is 0. The van der Waals surface area contributed by atoms with Crippen molar-refractivity contribution in [2.45, 2.75) is 13.0 Å². The Labute approximate surface area is 98.2 Å². The molecule has 0 aliphatic heterocycles. The van der Waals surface area contributed by atoms with Crippen molar-refractivity contribution >= 4 is 11.9 Å². The zero-order valence-electron chi connectivity index (χ0n) is 9.51. The quantitative estimate of drug-likeness (QED) is 0.556. The Morgan fingerprint density at radius 1 is 1.71 bits per heavy atom. The van der Waals surface area contributed by atoms with Crippen LogP contribution in [0, 0.1) is 12.3 Å². The number of esters is 1. The van der Waals surface area contributed by atoms with Gasteiger partial charge in [-0.1, -0.05) is 5.92 Å². The molecule has 0 bridgehead atoms. The second-order valence-electron chi connectivity index (χ2n) is 3.14. The van der Waals surface area contributed by atoms with Gasteiger partial charge in [-0.25, -0.2) is 14.5 Å². The largest absolute Gasteiger partial charge is 0.463 e. The number of terminal acetylenes is 1. The molecule has 0 aromatic carbocycles. The van der Waals surface area contributed by atoms with Crippen LogP contribution in [0.2, 0.25) is 0 Å². The molecule has 7 heteroatoms. The zero-order chi connectivity index (χ0) is 12.8. The summed E-state index contributed by atoms with van der Waals surface area (Å²) in [6.45, 7) is 1.75. The number of methoxy groups -OCH3 is 1. The molecule has 0 aliphatic carbocycles. The second-order valence-corrected chi connectivity index (χ2v) is 3.14. The molecule has 0 saturated heterocycles. The number of ether oxygens (including phenoxy) is 1. The molecule has 1 amide bonds. The molecule has 1 atom stereocenters. The summed E-state index contributed by atoms with van der Waals surface area (Å²) in [5, 5.41) is 6.33. The Morgan fingerprint density at radius 3 is 3.00 bits per heavy atom. The lowest BCUT2D eigenvalue weighted by Crippen LogP contribution is -2.31. The summed E-state index contributed by atoms with van der Waals surface area (Å²) >= 11 is 0. The van der Waals surface area contributed by atoms with Crippen molar-refractivity contribution in [3.8, 4) is 12.3 Å². The first-order chi connectivity index (χ1) is 8.10. The number of amides is 1. The van der Waals surface area contributed by atoms with Crippen molar-refractivity contribution in [3.05, 3.63) is 12.2 Å². The summed E-state index contributed by atoms with van der Waals surface area (Å²) in [7, 11) is 1.23. The van der Waals surface area contributed by atoms with Crippen molar-refractivity contribution in [3.63, 3.8) is 0 Å². The van der Waals surface area contributed by atoms with Gasteiger partial charge in [-0.3, -0.25) is 4.79 Å². The number of hydrogen-bond donors (Lipinski definition) is 1. The van der Waals surface area contributed by atoms with E-state index >= 15 is 0 Å². The third-order valence-corrected chi connectivity index (χ3v) is 2.02. The van der Waals surface area contributed by atoms with Gasteiger partial charge >= 0.3 is 5.97 Å². The standard InChI is InChI=1S/C10H12N4O3/c1-4-5-11-9(15)7(2)14-6-12-8(13-14)10(16)17-3/h1,6-7H,5H2,2-3H3,(H,11,15). The number of carbonyl (C=O) groups excluding carboxylic acids is 2. The van der Waals surface area contributed by atoms with Crippen LogP contribution < -0.4 is 5.32 Å². The highest BCUT2D eigenvalue weighted by Crippen LogP contribution is 2.03. The monoisotopic (exact) mass is 236 g/mol. The first-order valence-electron chi connectivity index (χ1n) is 4.80. The van der Waals surface area contributed by atoms with Crippen LogP contribution in [0.1, 0.15) is 23.6 Å². The molecule has 0 fully saturated rings. The van der Waals surface area contributed by atoms with Crippen molar-refractivity contribution in [2.24, 2.45) is 0 Å². The van der Waals surface area contributed by atoms with Crippen LogP contribution in [0.3, 0.4) is 0 Å². The predicted octanol–water partition coefficient (Wildman–Crippen LogP) is -0.625. The van der Waals surface area contributed by atoms with Gasteiger partial charge in [-0.2, -0.15) is 0 Å². The van der Waals surface area contributed by atoms with E-state index in [2.05, 4.69) is 26.1 Å². The molecule has 17 heavy (non-hydrogen) atoms. The molecular weight excluding hydrogens is 224 g/mol. The molecule has 90 valence electrons. The van der Waals surface area contributed by atoms with Crippen LogP contribution in [0.5, 0.6) is 0 Å². The second kappa shape index (κ2) is 5.65. The van der Waals surface area contributed by atoms with Crippen LogP contribution in [0.25, 0.3) is 0 Å². The Morgan fingerprint density at radius 2 is 2.41 bits per heavy atom. The van der Waals surface area contributed by atoms with E-state index in [1.54, 1.807) is 6.92 Å². The minimum absolute atomic E-state index is 0.0934. The van der Waals surface area contributed by atoms with Gasteiger partial charge in [0.25, 0.3) is 5.82 Å². The first-order valence-corrected chi connectivity index (χ1v) is 4.80. The minimum atomic E-state index is -0.653. The van der Waals surface area contributed by atoms with E-state index < -0.39 is 12.0 Å². The lowest BCUT2D eigenvalue weighted by Gasteiger charge is -2.09. The van der Waals surface area contributed by atoms with E-state index in [4.69, 9.17) is 6.42 Å². The molecule has 1 unspecified atom stereocenters. The predicted molar refractivity (Wildman–Crippen MR) is 57.9 cm³/mol. The average Bonchev–Trinajstić information content (AvgIpc) is 2.83. The lowest BCUT2D eigenvalue weighted by atomic mass is 10.3. The normalized spacial score (nSPS) is 11.4. The Bertz CT molecular complexity index is 460. The van der Waals surface area contributed by atoms with Gasteiger partial charge in [0, 0.05) is 0 Å². The number of rotatable bonds is 4. The van der Waals surface area contributed by atoms with Crippen LogP contribution in [0.15, 0.2) is 6.33 Å². The van der Waals surface area contributed by atoms with Crippen LogP contribution in [-0.4, -0.2) is 40.3 Å². The van der Waals surface area contributed by atoms with Gasteiger partial charge < -0.3 is 10.1 Å². The van der Waals surface area contributed by atoms with Gasteiger partial charge in [-0.05, 0) is 6.92 Å². The van der Waals surface area contributed by atoms with E-state index in [0.29, 0.717) is 0 Å². The van der Waals surface area contributed by atoms with Gasteiger partial charge in [0.2, 0.25) is 5.91 Å². The maximum atomic E-state index is 11.5. The van der Waals surface area contributed by atoms with Gasteiger partial charge in [0.1, 0.15) is 12.4 Å². The summed E-state index contributed by atoms with van der Waals surface area (Å²) in [6, 6.07) is -0.603. The number of carbonyl (C=O) groups is 2. The number of nitrogens with one attached hydrogen (secondary N) is 1. The highest BCUT2D eigenvalue weighted by atomic mass is 16.5. The topological polar surface area (TPSA) is 86.1 Å². The van der Waals surface area contributed by atoms with E-state index in [1.165, 1.54) is 18.1 Å². The molecule has 0 saturated carbocycles. The Balaban J connectivity index is 2.73. The average molecular weight is 236 g/mol. The summed E-state index contributed by atoms with van der Waals surface area (Å²) in [4.78, 5) is 26.4. The van der Waals surface area contributed by atoms with E-state index in [0.717, 1.165) is 0 Å². The van der Waals surface area contributed by atoms with Crippen molar-refractivity contribution < 1.29 is 14.3 Å². The first kappa shape index (κ1) is 12.7. The van der Waals surface area contributed by atoms with Crippen molar-refractivity contribution in [1.29, 1.82) is 0 Å². The highest BCUT2D eigenvalue weighted by Gasteiger charge is 2.18. The molecule has 0 aliphatic rings. The van der Waals surface area contributed by atoms with Crippen molar-refractivity contribution in [1.82, 2.24) is 20.1 Å². The molecule has 1 aromatic rings. The molecule has 1 aromatic heterocycles. The maximum absolute atomic E-state index is 11.5. The number of hydrogen-bond acceptors (Lipinski definition) is 5. The zero-order valence-corrected chi connectivity index (χ0v) is 9.51. The highest BCUT2D eigenvalue weighted by molar-refractivity contribution is 5.85. The third kappa shape index (κ3) is 3.04. The fourth-order valence-corrected chi connectivity index (χ4v) is 1.05. The van der Waals surface area contributed by atoms with Gasteiger partial charge in [0.15, 0.2) is 0 Å². The smallest absolute Gasteiger partial charge is 0.377 e. The molecule has 0 spiro atoms.